The van der Waals surface area contributed by atoms with Gasteiger partial charge < -0.3 is 33.3 Å². The van der Waals surface area contributed by atoms with Gasteiger partial charge in [0.25, 0.3) is 0 Å². The highest BCUT2D eigenvalue weighted by atomic mass is 16.7. The molecule has 0 aromatic heterocycles. The Hall–Kier alpha value is -2.23. The van der Waals surface area contributed by atoms with Crippen molar-refractivity contribution in [2.24, 2.45) is 0 Å². The topological polar surface area (TPSA) is 111 Å². The van der Waals surface area contributed by atoms with Gasteiger partial charge in [0.2, 0.25) is 0 Å². The van der Waals surface area contributed by atoms with Gasteiger partial charge in [0.1, 0.15) is 13.2 Å². The van der Waals surface area contributed by atoms with Gasteiger partial charge in [0.05, 0.1) is 40.3 Å². The summed E-state index contributed by atoms with van der Waals surface area (Å²) in [4.78, 5) is 37.3. The van der Waals surface area contributed by atoms with Crippen LogP contribution in [-0.2, 0) is 33.3 Å². The molecule has 9 nitrogen and oxygen atoms in total. The molecule has 0 aliphatic rings. The van der Waals surface area contributed by atoms with Crippen LogP contribution in [0.3, 0.4) is 0 Å². The van der Waals surface area contributed by atoms with Crippen LogP contribution in [-0.4, -0.2) is 82.3 Å². The Morgan fingerprint density at radius 2 is 0.718 bits per heavy atom. The third-order valence-electron chi connectivity index (χ3n) is 13.7. The molecule has 0 saturated heterocycles. The number of hydrogen-bond donors (Lipinski definition) is 0. The van der Waals surface area contributed by atoms with Crippen LogP contribution >= 0.6 is 0 Å². The van der Waals surface area contributed by atoms with Gasteiger partial charge in [0.15, 0.2) is 12.4 Å². The molecule has 2 unspecified atom stereocenters. The highest BCUT2D eigenvalue weighted by Gasteiger charge is 2.22. The number of esters is 2. The molecule has 418 valence electrons. The fourth-order valence-electron chi connectivity index (χ4n) is 8.94. The van der Waals surface area contributed by atoms with E-state index in [-0.39, 0.29) is 38.6 Å². The number of ether oxygens (including phenoxy) is 4. The standard InChI is InChI=1S/C62H117NO8/c1-6-8-10-12-14-16-18-20-22-23-24-25-26-27-28-29-30-31-32-33-34-35-36-37-39-41-43-45-47-49-51-53-60(65)71-58(57-70-62(61(66)67)68-55-54-63(3,4)5)56-69-59(64)52-50-48-46-44-42-40-38-21-19-17-15-13-11-9-7-2/h21,23-24,38,58,62H,6-20,22,25-37,39-57H2,1-5H3/b24-23-,38-21-. The molecule has 0 rings (SSSR count). The highest BCUT2D eigenvalue weighted by molar-refractivity contribution is 5.70. The first kappa shape index (κ1) is 68.8. The summed E-state index contributed by atoms with van der Waals surface area (Å²) in [5.74, 6) is -2.27. The zero-order chi connectivity index (χ0) is 52.0. The lowest BCUT2D eigenvalue weighted by molar-refractivity contribution is -0.870. The zero-order valence-corrected chi connectivity index (χ0v) is 47.6. The molecule has 0 spiro atoms. The maximum atomic E-state index is 12.9. The first-order valence-electron chi connectivity index (χ1n) is 30.5. The maximum Gasteiger partial charge on any atom is 0.306 e. The van der Waals surface area contributed by atoms with E-state index in [2.05, 4.69) is 38.2 Å². The number of likely N-dealkylation sites (N-methyl/N-ethyl adjacent to an activating group) is 1. The third kappa shape index (κ3) is 55.4. The maximum absolute atomic E-state index is 12.9. The Bertz CT molecular complexity index is 1210. The van der Waals surface area contributed by atoms with E-state index in [0.717, 1.165) is 57.8 Å². The second kappa shape index (κ2) is 54.0. The molecule has 9 heteroatoms. The van der Waals surface area contributed by atoms with Crippen LogP contribution in [0.4, 0.5) is 0 Å². The summed E-state index contributed by atoms with van der Waals surface area (Å²) in [5.41, 5.74) is 0. The van der Waals surface area contributed by atoms with Crippen LogP contribution in [0, 0.1) is 0 Å². The Morgan fingerprint density at radius 1 is 0.408 bits per heavy atom. The number of nitrogens with zero attached hydrogens (tertiary/aromatic N) is 1. The fraction of sp³-hybridized carbons (Fsp3) is 0.887. The van der Waals surface area contributed by atoms with E-state index in [9.17, 15) is 19.5 Å². The fourth-order valence-corrected chi connectivity index (χ4v) is 8.94. The van der Waals surface area contributed by atoms with Gasteiger partial charge in [-0.05, 0) is 64.2 Å². The zero-order valence-electron chi connectivity index (χ0n) is 47.6. The van der Waals surface area contributed by atoms with Crippen LogP contribution in [0.1, 0.15) is 296 Å². The van der Waals surface area contributed by atoms with E-state index in [1.54, 1.807) is 0 Å². The van der Waals surface area contributed by atoms with E-state index >= 15 is 0 Å². The lowest BCUT2D eigenvalue weighted by atomic mass is 10.0. The van der Waals surface area contributed by atoms with Gasteiger partial charge >= 0.3 is 11.9 Å². The van der Waals surface area contributed by atoms with Crippen LogP contribution in [0.15, 0.2) is 24.3 Å². The summed E-state index contributed by atoms with van der Waals surface area (Å²) in [5, 5.41) is 11.8. The molecule has 0 heterocycles. The quantitative estimate of drug-likeness (QED) is 0.0195. The number of aliphatic carboxylic acids is 1. The molecular weight excluding hydrogens is 887 g/mol. The smallest absolute Gasteiger partial charge is 0.306 e. The van der Waals surface area contributed by atoms with Crippen molar-refractivity contribution in [1.29, 1.82) is 0 Å². The van der Waals surface area contributed by atoms with Crippen molar-refractivity contribution < 1.29 is 42.9 Å². The molecule has 0 aromatic rings. The van der Waals surface area contributed by atoms with Crippen molar-refractivity contribution in [3.63, 3.8) is 0 Å². The van der Waals surface area contributed by atoms with Gasteiger partial charge in [-0.3, -0.25) is 9.59 Å². The van der Waals surface area contributed by atoms with Crippen LogP contribution in [0.2, 0.25) is 0 Å². The van der Waals surface area contributed by atoms with E-state index in [4.69, 9.17) is 18.9 Å². The van der Waals surface area contributed by atoms with E-state index in [1.165, 1.54) is 212 Å². The molecule has 2 atom stereocenters. The normalized spacial score (nSPS) is 12.9. The predicted molar refractivity (Wildman–Crippen MR) is 297 cm³/mol. The van der Waals surface area contributed by atoms with Crippen molar-refractivity contribution in [2.75, 3.05) is 47.5 Å². The van der Waals surface area contributed by atoms with Gasteiger partial charge in [-0.15, -0.1) is 0 Å². The lowest BCUT2D eigenvalue weighted by Gasteiger charge is -2.26. The van der Waals surface area contributed by atoms with Gasteiger partial charge in [-0.2, -0.15) is 0 Å². The number of unbranched alkanes of at least 4 members (excludes halogenated alkanes) is 38. The molecule has 0 saturated carbocycles. The van der Waals surface area contributed by atoms with Crippen molar-refractivity contribution >= 4 is 17.9 Å². The van der Waals surface area contributed by atoms with Crippen molar-refractivity contribution in [1.82, 2.24) is 0 Å². The minimum atomic E-state index is -1.62. The number of quaternary nitrogens is 1. The molecule has 71 heavy (non-hydrogen) atoms. The minimum Gasteiger partial charge on any atom is -0.545 e. The molecule has 0 amide bonds. The Labute approximate surface area is 439 Å². The molecular formula is C62H117NO8. The van der Waals surface area contributed by atoms with Crippen LogP contribution in [0.25, 0.3) is 0 Å². The van der Waals surface area contributed by atoms with Crippen LogP contribution in [0.5, 0.6) is 0 Å². The average Bonchev–Trinajstić information content (AvgIpc) is 3.34. The SMILES string of the molecule is CCCCCCCC/C=C\CCCCCCCC(=O)OCC(COC(OCC[N+](C)(C)C)C(=O)[O-])OC(=O)CCCCCCCCCCCCCCCCCCCCC/C=C\CCCCCCCCCC. The van der Waals surface area contributed by atoms with E-state index in [1.807, 2.05) is 21.1 Å². The molecule has 0 aromatic carbocycles. The molecule has 0 fully saturated rings. The highest BCUT2D eigenvalue weighted by Crippen LogP contribution is 2.17. The van der Waals surface area contributed by atoms with Gasteiger partial charge in [0, 0.05) is 12.8 Å². The van der Waals surface area contributed by atoms with Crippen molar-refractivity contribution in [3.8, 4) is 0 Å². The average molecular weight is 1000 g/mol. The summed E-state index contributed by atoms with van der Waals surface area (Å²) in [7, 11) is 5.93. The Morgan fingerprint density at radius 3 is 1.04 bits per heavy atom. The molecule has 0 aliphatic carbocycles. The Kier molecular flexibility index (Phi) is 52.3. The number of allylic oxidation sites excluding steroid dienone is 4. The number of carboxylic acids is 1. The third-order valence-corrected chi connectivity index (χ3v) is 13.7. The van der Waals surface area contributed by atoms with E-state index in [0.29, 0.717) is 11.0 Å². The Balaban J connectivity index is 4.08. The number of carboxylic acid groups (broad SMARTS) is 1. The monoisotopic (exact) mass is 1000 g/mol. The van der Waals surface area contributed by atoms with E-state index < -0.39 is 24.3 Å². The second-order valence-electron chi connectivity index (χ2n) is 22.0. The number of carbonyl (C=O) groups is 3. The van der Waals surface area contributed by atoms with Gasteiger partial charge in [-0.25, -0.2) is 0 Å². The first-order chi connectivity index (χ1) is 34.6. The molecule has 0 aliphatic heterocycles. The summed E-state index contributed by atoms with van der Waals surface area (Å²) < 4.78 is 22.7. The summed E-state index contributed by atoms with van der Waals surface area (Å²) in [6.07, 6.45) is 61.0. The predicted octanol–water partition coefficient (Wildman–Crippen LogP) is 16.6. The lowest BCUT2D eigenvalue weighted by Crippen LogP contribution is -2.44. The first-order valence-corrected chi connectivity index (χ1v) is 30.5. The van der Waals surface area contributed by atoms with Crippen LogP contribution < -0.4 is 5.11 Å². The molecule has 0 radical (unpaired) electrons. The van der Waals surface area contributed by atoms with Crippen molar-refractivity contribution in [2.45, 2.75) is 309 Å². The molecule has 0 bridgehead atoms. The summed E-state index contributed by atoms with van der Waals surface area (Å²) >= 11 is 0. The second-order valence-corrected chi connectivity index (χ2v) is 22.0. The minimum absolute atomic E-state index is 0.149. The summed E-state index contributed by atoms with van der Waals surface area (Å²) in [6, 6.07) is 0. The molecule has 0 N–H and O–H groups in total. The number of hydrogen-bond acceptors (Lipinski definition) is 8. The largest absolute Gasteiger partial charge is 0.545 e. The van der Waals surface area contributed by atoms with Crippen molar-refractivity contribution in [3.05, 3.63) is 24.3 Å². The number of rotatable bonds is 57. The number of carbonyl (C=O) groups excluding carboxylic acids is 3. The van der Waals surface area contributed by atoms with Gasteiger partial charge in [-0.1, -0.05) is 244 Å². The summed E-state index contributed by atoms with van der Waals surface area (Å²) in [6.45, 7) is 4.77.